The second-order valence-corrected chi connectivity index (χ2v) is 11.5. The van der Waals surface area contributed by atoms with Crippen molar-refractivity contribution in [3.05, 3.63) is 83.9 Å². The summed E-state index contributed by atoms with van der Waals surface area (Å²) in [6.07, 6.45) is 0.659. The molecule has 3 rings (SSSR count). The lowest BCUT2D eigenvalue weighted by Gasteiger charge is -2.32. The Labute approximate surface area is 245 Å². The summed E-state index contributed by atoms with van der Waals surface area (Å²) >= 11 is 0. The third kappa shape index (κ3) is 7.75. The second-order valence-electron chi connectivity index (χ2n) is 9.65. The Morgan fingerprint density at radius 2 is 1.45 bits per heavy atom. The molecule has 0 saturated heterocycles. The molecule has 0 bridgehead atoms. The van der Waals surface area contributed by atoms with E-state index in [1.807, 2.05) is 13.8 Å². The SMILES string of the molecule is CC[C@H](C)NC(=O)[C@H](C)N(Cc1ccc(F)cc1)C(=O)CN(c1ccc(F)cc1)S(=O)(=O)c1ccc(OC)c(OC)c1. The Bertz CT molecular complexity index is 1480. The number of carbonyl (C=O) groups is 2. The summed E-state index contributed by atoms with van der Waals surface area (Å²) < 4.78 is 66.6. The number of sulfonamides is 1. The van der Waals surface area contributed by atoms with Crippen molar-refractivity contribution in [3.8, 4) is 11.5 Å². The molecule has 0 radical (unpaired) electrons. The summed E-state index contributed by atoms with van der Waals surface area (Å²) in [7, 11) is -1.66. The van der Waals surface area contributed by atoms with Gasteiger partial charge in [0, 0.05) is 18.7 Å². The minimum Gasteiger partial charge on any atom is -0.493 e. The quantitative estimate of drug-likeness (QED) is 0.308. The van der Waals surface area contributed by atoms with Crippen molar-refractivity contribution in [3.63, 3.8) is 0 Å². The molecule has 42 heavy (non-hydrogen) atoms. The molecule has 0 unspecified atom stereocenters. The topological polar surface area (TPSA) is 105 Å². The van der Waals surface area contributed by atoms with Crippen LogP contribution in [-0.4, -0.2) is 58.0 Å². The number of hydrogen-bond acceptors (Lipinski definition) is 6. The summed E-state index contributed by atoms with van der Waals surface area (Å²) in [6, 6.07) is 12.9. The number of rotatable bonds is 13. The van der Waals surface area contributed by atoms with E-state index < -0.39 is 46.1 Å². The second kappa shape index (κ2) is 14.1. The fourth-order valence-electron chi connectivity index (χ4n) is 4.07. The van der Waals surface area contributed by atoms with Crippen molar-refractivity contribution < 1.29 is 36.3 Å². The number of hydrogen-bond donors (Lipinski definition) is 1. The molecule has 12 heteroatoms. The highest BCUT2D eigenvalue weighted by atomic mass is 32.2. The van der Waals surface area contributed by atoms with Crippen molar-refractivity contribution in [1.82, 2.24) is 10.2 Å². The number of anilines is 1. The Kier molecular flexibility index (Phi) is 10.9. The maximum Gasteiger partial charge on any atom is 0.264 e. The van der Waals surface area contributed by atoms with Crippen LogP contribution in [0.25, 0.3) is 0 Å². The number of benzene rings is 3. The van der Waals surface area contributed by atoms with E-state index in [0.717, 1.165) is 16.4 Å². The molecule has 0 aliphatic carbocycles. The van der Waals surface area contributed by atoms with Crippen LogP contribution >= 0.6 is 0 Å². The highest BCUT2D eigenvalue weighted by Gasteiger charge is 2.33. The van der Waals surface area contributed by atoms with Gasteiger partial charge in [0.15, 0.2) is 11.5 Å². The number of methoxy groups -OCH3 is 2. The van der Waals surface area contributed by atoms with Crippen LogP contribution in [0.4, 0.5) is 14.5 Å². The lowest BCUT2D eigenvalue weighted by atomic mass is 10.1. The Hall–Kier alpha value is -4.19. The van der Waals surface area contributed by atoms with E-state index in [1.54, 1.807) is 0 Å². The maximum absolute atomic E-state index is 14.0. The average molecular weight is 604 g/mol. The Morgan fingerprint density at radius 3 is 2.00 bits per heavy atom. The lowest BCUT2D eigenvalue weighted by molar-refractivity contribution is -0.139. The van der Waals surface area contributed by atoms with E-state index in [-0.39, 0.29) is 28.9 Å². The first-order valence-corrected chi connectivity index (χ1v) is 14.7. The monoisotopic (exact) mass is 603 g/mol. The average Bonchev–Trinajstić information content (AvgIpc) is 2.98. The van der Waals surface area contributed by atoms with Crippen LogP contribution in [0.5, 0.6) is 11.5 Å². The summed E-state index contributed by atoms with van der Waals surface area (Å²) in [5.74, 6) is -1.76. The molecule has 0 fully saturated rings. The van der Waals surface area contributed by atoms with Gasteiger partial charge in [-0.2, -0.15) is 0 Å². The molecule has 0 aliphatic heterocycles. The van der Waals surface area contributed by atoms with E-state index in [4.69, 9.17) is 9.47 Å². The van der Waals surface area contributed by atoms with Gasteiger partial charge < -0.3 is 19.7 Å². The number of amides is 2. The molecule has 226 valence electrons. The molecular weight excluding hydrogens is 568 g/mol. The van der Waals surface area contributed by atoms with Gasteiger partial charge in [-0.25, -0.2) is 17.2 Å². The third-order valence-corrected chi connectivity index (χ3v) is 8.54. The molecule has 0 saturated carbocycles. The zero-order valence-corrected chi connectivity index (χ0v) is 25.0. The number of carbonyl (C=O) groups excluding carboxylic acids is 2. The largest absolute Gasteiger partial charge is 0.493 e. The van der Waals surface area contributed by atoms with E-state index >= 15 is 0 Å². The highest BCUT2D eigenvalue weighted by molar-refractivity contribution is 7.92. The predicted molar refractivity (Wildman–Crippen MR) is 155 cm³/mol. The molecule has 3 aromatic rings. The third-order valence-electron chi connectivity index (χ3n) is 6.77. The fraction of sp³-hybridized carbons (Fsp3) is 0.333. The zero-order valence-electron chi connectivity index (χ0n) is 24.1. The summed E-state index contributed by atoms with van der Waals surface area (Å²) in [6.45, 7) is 4.44. The fourth-order valence-corrected chi connectivity index (χ4v) is 5.51. The normalized spacial score (nSPS) is 12.6. The molecule has 0 spiro atoms. The molecule has 0 aliphatic rings. The number of halogens is 2. The van der Waals surface area contributed by atoms with Crippen molar-refractivity contribution >= 4 is 27.5 Å². The molecular formula is C30H35F2N3O6S. The number of nitrogens with one attached hydrogen (secondary N) is 1. The first kappa shape index (κ1) is 32.3. The molecule has 2 amide bonds. The van der Waals surface area contributed by atoms with Crippen molar-refractivity contribution in [2.75, 3.05) is 25.1 Å². The maximum atomic E-state index is 14.0. The van der Waals surface area contributed by atoms with Gasteiger partial charge in [-0.3, -0.25) is 13.9 Å². The number of ether oxygens (including phenoxy) is 2. The predicted octanol–water partition coefficient (Wildman–Crippen LogP) is 4.51. The van der Waals surface area contributed by atoms with Crippen LogP contribution in [0, 0.1) is 11.6 Å². The van der Waals surface area contributed by atoms with E-state index in [9.17, 15) is 26.8 Å². The van der Waals surface area contributed by atoms with Crippen LogP contribution < -0.4 is 19.1 Å². The van der Waals surface area contributed by atoms with E-state index in [0.29, 0.717) is 17.7 Å². The molecule has 2 atom stereocenters. The van der Waals surface area contributed by atoms with Gasteiger partial charge in [-0.1, -0.05) is 19.1 Å². The highest BCUT2D eigenvalue weighted by Crippen LogP contribution is 2.32. The van der Waals surface area contributed by atoms with Gasteiger partial charge in [0.05, 0.1) is 24.8 Å². The van der Waals surface area contributed by atoms with E-state index in [1.165, 1.54) is 80.6 Å². The summed E-state index contributed by atoms with van der Waals surface area (Å²) in [5, 5.41) is 2.84. The van der Waals surface area contributed by atoms with Crippen LogP contribution in [0.3, 0.4) is 0 Å². The first-order valence-electron chi connectivity index (χ1n) is 13.3. The van der Waals surface area contributed by atoms with Gasteiger partial charge in [-0.15, -0.1) is 0 Å². The minimum atomic E-state index is -4.42. The van der Waals surface area contributed by atoms with Crippen molar-refractivity contribution in [2.24, 2.45) is 0 Å². The van der Waals surface area contributed by atoms with Crippen molar-refractivity contribution in [2.45, 2.75) is 50.7 Å². The van der Waals surface area contributed by atoms with Crippen LogP contribution in [0.2, 0.25) is 0 Å². The van der Waals surface area contributed by atoms with Crippen LogP contribution in [-0.2, 0) is 26.2 Å². The molecule has 0 heterocycles. The Morgan fingerprint density at radius 1 is 0.881 bits per heavy atom. The van der Waals surface area contributed by atoms with Gasteiger partial charge >= 0.3 is 0 Å². The summed E-state index contributed by atoms with van der Waals surface area (Å²) in [5.41, 5.74) is 0.557. The minimum absolute atomic E-state index is 0.0259. The molecule has 3 aromatic carbocycles. The van der Waals surface area contributed by atoms with Crippen molar-refractivity contribution in [1.29, 1.82) is 0 Å². The first-order chi connectivity index (χ1) is 19.9. The van der Waals surface area contributed by atoms with Crippen LogP contribution in [0.15, 0.2) is 71.6 Å². The molecule has 1 N–H and O–H groups in total. The zero-order chi connectivity index (χ0) is 31.0. The number of nitrogens with zero attached hydrogens (tertiary/aromatic N) is 2. The van der Waals surface area contributed by atoms with Gasteiger partial charge in [-0.05, 0) is 74.4 Å². The van der Waals surface area contributed by atoms with Crippen LogP contribution in [0.1, 0.15) is 32.8 Å². The standard InChI is InChI=1S/C30H35F2N3O6S/c1-6-20(2)33-30(37)21(3)34(18-22-7-9-23(31)10-8-22)29(36)19-35(25-13-11-24(32)12-14-25)42(38,39)26-15-16-27(40-4)28(17-26)41-5/h7-17,20-21H,6,18-19H2,1-5H3,(H,33,37)/t20-,21-/m0/s1. The van der Waals surface area contributed by atoms with Gasteiger partial charge in [0.25, 0.3) is 10.0 Å². The van der Waals surface area contributed by atoms with E-state index in [2.05, 4.69) is 5.32 Å². The lowest BCUT2D eigenvalue weighted by Crippen LogP contribution is -2.52. The Balaban J connectivity index is 2.06. The summed E-state index contributed by atoms with van der Waals surface area (Å²) in [4.78, 5) is 28.0. The van der Waals surface area contributed by atoms with Gasteiger partial charge in [0.2, 0.25) is 11.8 Å². The van der Waals surface area contributed by atoms with Gasteiger partial charge in [0.1, 0.15) is 24.2 Å². The smallest absolute Gasteiger partial charge is 0.264 e. The molecule has 0 aromatic heterocycles. The molecule has 9 nitrogen and oxygen atoms in total.